The maximum Gasteiger partial charge on any atom is 0.235 e. The van der Waals surface area contributed by atoms with Gasteiger partial charge >= 0.3 is 0 Å². The zero-order chi connectivity index (χ0) is 13.6. The van der Waals surface area contributed by atoms with Crippen LogP contribution in [-0.4, -0.2) is 37.0 Å². The van der Waals surface area contributed by atoms with Crippen LogP contribution >= 0.6 is 0 Å². The molecular weight excluding hydrogens is 238 g/mol. The van der Waals surface area contributed by atoms with Crippen LogP contribution in [0.2, 0.25) is 0 Å². The lowest BCUT2D eigenvalue weighted by Crippen LogP contribution is -2.47. The summed E-state index contributed by atoms with van der Waals surface area (Å²) in [5.74, 6) is -0.00720. The number of nitrogens with one attached hydrogen (secondary N) is 1. The van der Waals surface area contributed by atoms with Crippen LogP contribution < -0.4 is 5.32 Å². The molecule has 0 aromatic rings. The van der Waals surface area contributed by atoms with Crippen molar-refractivity contribution in [1.82, 2.24) is 10.2 Å². The van der Waals surface area contributed by atoms with Gasteiger partial charge in [0.1, 0.15) is 6.54 Å². The maximum atomic E-state index is 11.7. The van der Waals surface area contributed by atoms with Crippen molar-refractivity contribution < 1.29 is 4.79 Å². The molecule has 1 amide bonds. The van der Waals surface area contributed by atoms with E-state index in [2.05, 4.69) is 10.2 Å². The van der Waals surface area contributed by atoms with Gasteiger partial charge in [-0.1, -0.05) is 25.7 Å². The van der Waals surface area contributed by atoms with Gasteiger partial charge in [0.15, 0.2) is 0 Å². The summed E-state index contributed by atoms with van der Waals surface area (Å²) in [4.78, 5) is 14.0. The van der Waals surface area contributed by atoms with Crippen LogP contribution in [0.15, 0.2) is 0 Å². The first kappa shape index (κ1) is 14.3. The Morgan fingerprint density at radius 3 is 2.53 bits per heavy atom. The molecule has 1 saturated carbocycles. The van der Waals surface area contributed by atoms with Crippen molar-refractivity contribution in [2.45, 2.75) is 51.4 Å². The Labute approximate surface area is 116 Å². The van der Waals surface area contributed by atoms with E-state index in [0.29, 0.717) is 12.0 Å². The lowest BCUT2D eigenvalue weighted by molar-refractivity contribution is -0.122. The van der Waals surface area contributed by atoms with Crippen LogP contribution in [0.25, 0.3) is 0 Å². The van der Waals surface area contributed by atoms with Gasteiger partial charge in [-0.25, -0.2) is 0 Å². The number of amides is 1. The largest absolute Gasteiger partial charge is 0.342 e. The Morgan fingerprint density at radius 1 is 1.16 bits per heavy atom. The summed E-state index contributed by atoms with van der Waals surface area (Å²) in [5, 5.41) is 11.1. The van der Waals surface area contributed by atoms with Crippen molar-refractivity contribution in [3.63, 3.8) is 0 Å². The lowest BCUT2D eigenvalue weighted by Gasteiger charge is -2.42. The molecule has 1 spiro atoms. The van der Waals surface area contributed by atoms with Crippen molar-refractivity contribution in [2.75, 3.05) is 26.2 Å². The van der Waals surface area contributed by atoms with E-state index in [-0.39, 0.29) is 12.5 Å². The Hall–Kier alpha value is -1.08. The number of likely N-dealkylation sites (tertiary alicyclic amines) is 1. The highest BCUT2D eigenvalue weighted by Gasteiger charge is 2.35. The number of nitriles is 1. The molecule has 0 bridgehead atoms. The number of nitrogens with zero attached hydrogens (tertiary/aromatic N) is 2. The minimum atomic E-state index is -0.00720. The van der Waals surface area contributed by atoms with Gasteiger partial charge in [0.25, 0.3) is 0 Å². The fourth-order valence-corrected chi connectivity index (χ4v) is 3.73. The molecule has 0 radical (unpaired) electrons. The van der Waals surface area contributed by atoms with E-state index in [1.165, 1.54) is 51.4 Å². The Morgan fingerprint density at radius 2 is 1.84 bits per heavy atom. The first-order valence-electron chi connectivity index (χ1n) is 7.60. The van der Waals surface area contributed by atoms with Crippen molar-refractivity contribution in [1.29, 1.82) is 5.26 Å². The zero-order valence-corrected chi connectivity index (χ0v) is 11.8. The minimum Gasteiger partial charge on any atom is -0.342 e. The molecule has 2 rings (SSSR count). The second-order valence-electron chi connectivity index (χ2n) is 6.16. The fourth-order valence-electron chi connectivity index (χ4n) is 3.73. The molecule has 2 fully saturated rings. The van der Waals surface area contributed by atoms with E-state index in [4.69, 9.17) is 5.26 Å². The van der Waals surface area contributed by atoms with E-state index in [1.807, 2.05) is 6.07 Å². The average Bonchev–Trinajstić information content (AvgIpc) is 2.62. The van der Waals surface area contributed by atoms with E-state index in [9.17, 15) is 4.79 Å². The highest BCUT2D eigenvalue weighted by molar-refractivity contribution is 5.78. The monoisotopic (exact) mass is 263 g/mol. The van der Waals surface area contributed by atoms with E-state index < -0.39 is 0 Å². The number of piperidine rings is 1. The molecule has 1 saturated heterocycles. The van der Waals surface area contributed by atoms with E-state index >= 15 is 0 Å². The lowest BCUT2D eigenvalue weighted by atomic mass is 9.74. The van der Waals surface area contributed by atoms with Gasteiger partial charge in [-0.3, -0.25) is 9.69 Å². The molecule has 0 unspecified atom stereocenters. The molecule has 4 nitrogen and oxygen atoms in total. The Bertz CT molecular complexity index is 340. The molecule has 19 heavy (non-hydrogen) atoms. The van der Waals surface area contributed by atoms with Gasteiger partial charge in [0, 0.05) is 6.54 Å². The number of hydrogen-bond donors (Lipinski definition) is 1. The molecule has 2 aliphatic rings. The van der Waals surface area contributed by atoms with Crippen LogP contribution in [0.4, 0.5) is 0 Å². The normalized spacial score (nSPS) is 23.5. The first-order valence-corrected chi connectivity index (χ1v) is 7.60. The van der Waals surface area contributed by atoms with Crippen molar-refractivity contribution in [3.05, 3.63) is 0 Å². The smallest absolute Gasteiger partial charge is 0.235 e. The summed E-state index contributed by atoms with van der Waals surface area (Å²) in [5.41, 5.74) is 0.476. The molecule has 106 valence electrons. The second kappa shape index (κ2) is 6.91. The Balaban J connectivity index is 1.86. The maximum absolute atomic E-state index is 11.7. The highest BCUT2D eigenvalue weighted by atomic mass is 16.2. The molecule has 1 aliphatic heterocycles. The van der Waals surface area contributed by atoms with Crippen molar-refractivity contribution in [2.24, 2.45) is 5.41 Å². The van der Waals surface area contributed by atoms with Gasteiger partial charge < -0.3 is 5.32 Å². The highest BCUT2D eigenvalue weighted by Crippen LogP contribution is 2.41. The third-order valence-corrected chi connectivity index (χ3v) is 4.64. The fraction of sp³-hybridized carbons (Fsp3) is 0.867. The minimum absolute atomic E-state index is 0.00720. The predicted molar refractivity (Wildman–Crippen MR) is 74.4 cm³/mol. The standard InChI is InChI=1S/C15H25N3O/c16-9-10-17-14(19)12-18-11-5-8-15(13-18)6-3-1-2-4-7-15/h1-8,10-13H2,(H,17,19). The average molecular weight is 263 g/mol. The van der Waals surface area contributed by atoms with Crippen LogP contribution in [0, 0.1) is 16.7 Å². The van der Waals surface area contributed by atoms with Gasteiger partial charge in [-0.15, -0.1) is 0 Å². The third kappa shape index (κ3) is 4.21. The molecule has 0 aromatic carbocycles. The Kier molecular flexibility index (Phi) is 5.21. The number of carbonyl (C=O) groups excluding carboxylic acids is 1. The quantitative estimate of drug-likeness (QED) is 0.793. The molecule has 0 atom stereocenters. The third-order valence-electron chi connectivity index (χ3n) is 4.64. The topological polar surface area (TPSA) is 56.1 Å². The predicted octanol–water partition coefficient (Wildman–Crippen LogP) is 2.06. The summed E-state index contributed by atoms with van der Waals surface area (Å²) in [6, 6.07) is 1.95. The SMILES string of the molecule is N#CCNC(=O)CN1CCCC2(CCCCCC2)C1. The molecular formula is C15H25N3O. The number of rotatable bonds is 3. The number of hydrogen-bond acceptors (Lipinski definition) is 3. The summed E-state index contributed by atoms with van der Waals surface area (Å²) in [6.07, 6.45) is 10.7. The molecule has 1 N–H and O–H groups in total. The van der Waals surface area contributed by atoms with Crippen LogP contribution in [0.3, 0.4) is 0 Å². The molecule has 0 aromatic heterocycles. The summed E-state index contributed by atoms with van der Waals surface area (Å²) < 4.78 is 0. The van der Waals surface area contributed by atoms with Gasteiger partial charge in [-0.2, -0.15) is 5.26 Å². The first-order chi connectivity index (χ1) is 9.24. The van der Waals surface area contributed by atoms with Crippen molar-refractivity contribution >= 4 is 5.91 Å². The second-order valence-corrected chi connectivity index (χ2v) is 6.16. The van der Waals surface area contributed by atoms with Crippen LogP contribution in [-0.2, 0) is 4.79 Å². The molecule has 1 heterocycles. The van der Waals surface area contributed by atoms with Gasteiger partial charge in [0.2, 0.25) is 5.91 Å². The van der Waals surface area contributed by atoms with Gasteiger partial charge in [0.05, 0.1) is 12.6 Å². The van der Waals surface area contributed by atoms with E-state index in [0.717, 1.165) is 13.1 Å². The molecule has 4 heteroatoms. The zero-order valence-electron chi connectivity index (χ0n) is 11.8. The molecule has 1 aliphatic carbocycles. The number of carbonyl (C=O) groups is 1. The van der Waals surface area contributed by atoms with Crippen LogP contribution in [0.5, 0.6) is 0 Å². The summed E-state index contributed by atoms with van der Waals surface area (Å²) in [7, 11) is 0. The van der Waals surface area contributed by atoms with E-state index in [1.54, 1.807) is 0 Å². The van der Waals surface area contributed by atoms with Gasteiger partial charge in [-0.05, 0) is 37.6 Å². The van der Waals surface area contributed by atoms with Crippen LogP contribution in [0.1, 0.15) is 51.4 Å². The summed E-state index contributed by atoms with van der Waals surface area (Å²) >= 11 is 0. The summed E-state index contributed by atoms with van der Waals surface area (Å²) in [6.45, 7) is 2.69. The van der Waals surface area contributed by atoms with Crippen molar-refractivity contribution in [3.8, 4) is 6.07 Å².